The van der Waals surface area contributed by atoms with Crippen LogP contribution in [0.4, 0.5) is 5.82 Å². The van der Waals surface area contributed by atoms with Gasteiger partial charge in [0, 0.05) is 19.5 Å². The molecule has 2 atom stereocenters. The molecule has 4 N–H and O–H groups in total. The summed E-state index contributed by atoms with van der Waals surface area (Å²) in [5.74, 6) is 0.790. The number of nitrogens with two attached hydrogens (primary N) is 1. The summed E-state index contributed by atoms with van der Waals surface area (Å²) in [6.07, 6.45) is 3.88. The number of carboxylic acids is 1. The van der Waals surface area contributed by atoms with Crippen molar-refractivity contribution in [1.82, 2.24) is 19.9 Å². The fourth-order valence-electron chi connectivity index (χ4n) is 4.29. The van der Waals surface area contributed by atoms with E-state index in [1.54, 1.807) is 11.3 Å². The highest BCUT2D eigenvalue weighted by atomic mass is 32.1. The summed E-state index contributed by atoms with van der Waals surface area (Å²) in [4.78, 5) is 21.0. The van der Waals surface area contributed by atoms with E-state index in [9.17, 15) is 9.90 Å². The van der Waals surface area contributed by atoms with Gasteiger partial charge in [0.05, 0.1) is 15.7 Å². The lowest BCUT2D eigenvalue weighted by Gasteiger charge is -2.20. The first-order valence-electron chi connectivity index (χ1n) is 12.0. The number of benzene rings is 1. The molecule has 0 spiro atoms. The van der Waals surface area contributed by atoms with E-state index in [1.807, 2.05) is 25.3 Å². The highest BCUT2D eigenvalue weighted by molar-refractivity contribution is 7.18. The molecule has 7 nitrogen and oxygen atoms in total. The number of pyridine rings is 1. The van der Waals surface area contributed by atoms with Crippen molar-refractivity contribution in [2.45, 2.75) is 65.6 Å². The number of anilines is 1. The van der Waals surface area contributed by atoms with E-state index in [0.717, 1.165) is 63.9 Å². The van der Waals surface area contributed by atoms with Crippen LogP contribution in [0.1, 0.15) is 57.0 Å². The third-order valence-electron chi connectivity index (χ3n) is 6.51. The molecule has 8 heteroatoms. The predicted octanol–water partition coefficient (Wildman–Crippen LogP) is 5.21. The van der Waals surface area contributed by atoms with Crippen molar-refractivity contribution in [2.75, 3.05) is 5.73 Å². The van der Waals surface area contributed by atoms with Crippen LogP contribution in [0.3, 0.4) is 0 Å². The molecule has 180 valence electrons. The molecule has 1 aromatic carbocycles. The van der Waals surface area contributed by atoms with Gasteiger partial charge < -0.3 is 20.7 Å². The maximum absolute atomic E-state index is 11.6. The van der Waals surface area contributed by atoms with E-state index < -0.39 is 12.0 Å². The van der Waals surface area contributed by atoms with Gasteiger partial charge in [-0.2, -0.15) is 0 Å². The Hall–Kier alpha value is -2.97. The van der Waals surface area contributed by atoms with Crippen molar-refractivity contribution >= 4 is 44.4 Å². The third kappa shape index (κ3) is 4.93. The van der Waals surface area contributed by atoms with Crippen LogP contribution in [0.25, 0.3) is 21.3 Å². The number of nitrogens with one attached hydrogen (secondary N) is 1. The van der Waals surface area contributed by atoms with Crippen LogP contribution in [-0.4, -0.2) is 31.7 Å². The highest BCUT2D eigenvalue weighted by Gasteiger charge is 2.22. The number of imidazole rings is 1. The molecule has 0 aliphatic carbocycles. The molecule has 0 aliphatic rings. The smallest absolute Gasteiger partial charge is 0.320 e. The molecule has 0 radical (unpaired) electrons. The van der Waals surface area contributed by atoms with Gasteiger partial charge in [0.15, 0.2) is 5.82 Å². The van der Waals surface area contributed by atoms with Gasteiger partial charge in [-0.15, -0.1) is 11.3 Å². The number of nitrogen functional groups attached to an aromatic ring is 1. The summed E-state index contributed by atoms with van der Waals surface area (Å²) in [6.45, 7) is 7.38. The standard InChI is InChI=1S/C26H33N5O2S/c1-4-6-7-20-30-22-23(24-19(12-13-34-24)29-25(22)27)31(20)15-18-10-8-17(9-11-18)14-28-21(26(32)33)16(3)5-2/h8-13,16,21,28H,4-7,14-15H2,1-3H3,(H2,27,29)(H,32,33)/t16-,21?/m0/s1. The van der Waals surface area contributed by atoms with Crippen LogP contribution in [0.2, 0.25) is 0 Å². The van der Waals surface area contributed by atoms with Crippen LogP contribution in [-0.2, 0) is 24.3 Å². The van der Waals surface area contributed by atoms with Crippen molar-refractivity contribution in [3.8, 4) is 0 Å². The first-order valence-corrected chi connectivity index (χ1v) is 12.9. The highest BCUT2D eigenvalue weighted by Crippen LogP contribution is 2.33. The van der Waals surface area contributed by atoms with Gasteiger partial charge in [0.25, 0.3) is 0 Å². The first-order chi connectivity index (χ1) is 16.4. The molecule has 3 aromatic heterocycles. The normalized spacial score (nSPS) is 13.5. The number of hydrogen-bond donors (Lipinski definition) is 3. The second-order valence-electron chi connectivity index (χ2n) is 8.95. The molecular weight excluding hydrogens is 446 g/mol. The van der Waals surface area contributed by atoms with E-state index in [1.165, 1.54) is 0 Å². The van der Waals surface area contributed by atoms with Crippen LogP contribution in [0, 0.1) is 5.92 Å². The zero-order chi connectivity index (χ0) is 24.2. The van der Waals surface area contributed by atoms with Gasteiger partial charge in [0.2, 0.25) is 0 Å². The minimum atomic E-state index is -0.800. The number of aromatic nitrogens is 3. The Kier molecular flexibility index (Phi) is 7.48. The fourth-order valence-corrected chi connectivity index (χ4v) is 5.18. The van der Waals surface area contributed by atoms with E-state index >= 15 is 0 Å². The lowest BCUT2D eigenvalue weighted by Crippen LogP contribution is -2.41. The van der Waals surface area contributed by atoms with Crippen molar-refractivity contribution in [3.63, 3.8) is 0 Å². The van der Waals surface area contributed by atoms with Gasteiger partial charge in [-0.1, -0.05) is 57.9 Å². The van der Waals surface area contributed by atoms with Gasteiger partial charge >= 0.3 is 5.97 Å². The summed E-state index contributed by atoms with van der Waals surface area (Å²) in [6, 6.07) is 9.82. The first kappa shape index (κ1) is 24.2. The summed E-state index contributed by atoms with van der Waals surface area (Å²) in [7, 11) is 0. The molecule has 0 saturated carbocycles. The van der Waals surface area contributed by atoms with Gasteiger partial charge in [-0.05, 0) is 34.9 Å². The molecule has 4 rings (SSSR count). The number of rotatable bonds is 11. The summed E-state index contributed by atoms with van der Waals surface area (Å²) in [5, 5.41) is 14.8. The predicted molar refractivity (Wildman–Crippen MR) is 139 cm³/mol. The summed E-state index contributed by atoms with van der Waals surface area (Å²) >= 11 is 1.67. The number of hydrogen-bond acceptors (Lipinski definition) is 6. The average molecular weight is 480 g/mol. The van der Waals surface area contributed by atoms with Crippen LogP contribution in [0.5, 0.6) is 0 Å². The molecule has 0 fully saturated rings. The average Bonchev–Trinajstić information content (AvgIpc) is 3.43. The molecule has 3 heterocycles. The number of unbranched alkanes of at least 4 members (excludes halogenated alkanes) is 1. The molecule has 0 bridgehead atoms. The number of aliphatic carboxylic acids is 1. The van der Waals surface area contributed by atoms with E-state index in [2.05, 4.69) is 46.1 Å². The second-order valence-corrected chi connectivity index (χ2v) is 9.86. The van der Waals surface area contributed by atoms with E-state index in [-0.39, 0.29) is 5.92 Å². The Morgan fingerprint density at radius 3 is 2.59 bits per heavy atom. The Bertz CT molecular complexity index is 1280. The third-order valence-corrected chi connectivity index (χ3v) is 7.42. The van der Waals surface area contributed by atoms with Crippen LogP contribution >= 0.6 is 11.3 Å². The maximum atomic E-state index is 11.6. The molecule has 34 heavy (non-hydrogen) atoms. The molecular formula is C26H33N5O2S. The largest absolute Gasteiger partial charge is 0.480 e. The second kappa shape index (κ2) is 10.5. The topological polar surface area (TPSA) is 106 Å². The fraction of sp³-hybridized carbons (Fsp3) is 0.423. The SMILES string of the molecule is CCCCc1nc2c(N)nc3ccsc3c2n1Cc1ccc(CNC(C(=O)O)[C@@H](C)CC)cc1. The minimum Gasteiger partial charge on any atom is -0.480 e. The molecule has 0 saturated heterocycles. The van der Waals surface area contributed by atoms with Crippen molar-refractivity contribution in [3.05, 3.63) is 52.7 Å². The molecule has 0 amide bonds. The van der Waals surface area contributed by atoms with E-state index in [0.29, 0.717) is 18.9 Å². The number of thiophene rings is 1. The van der Waals surface area contributed by atoms with Crippen molar-refractivity contribution < 1.29 is 9.90 Å². The maximum Gasteiger partial charge on any atom is 0.320 e. The molecule has 1 unspecified atom stereocenters. The molecule has 0 aliphatic heterocycles. The van der Waals surface area contributed by atoms with Gasteiger partial charge in [-0.3, -0.25) is 4.79 Å². The van der Waals surface area contributed by atoms with Crippen molar-refractivity contribution in [1.29, 1.82) is 0 Å². The number of nitrogens with zero attached hydrogens (tertiary/aromatic N) is 3. The Morgan fingerprint density at radius 2 is 1.91 bits per heavy atom. The van der Waals surface area contributed by atoms with Gasteiger partial charge in [0.1, 0.15) is 17.4 Å². The van der Waals surface area contributed by atoms with E-state index in [4.69, 9.17) is 10.7 Å². The zero-order valence-corrected chi connectivity index (χ0v) is 20.9. The Balaban J connectivity index is 1.60. The number of carboxylic acid groups (broad SMARTS) is 1. The number of carbonyl (C=O) groups is 1. The van der Waals surface area contributed by atoms with Gasteiger partial charge in [-0.25, -0.2) is 9.97 Å². The number of aryl methyl sites for hydroxylation is 1. The Morgan fingerprint density at radius 1 is 1.18 bits per heavy atom. The lowest BCUT2D eigenvalue weighted by atomic mass is 9.99. The lowest BCUT2D eigenvalue weighted by molar-refractivity contribution is -0.140. The Labute approximate surface area is 204 Å². The minimum absolute atomic E-state index is 0.0730. The summed E-state index contributed by atoms with van der Waals surface area (Å²) in [5.41, 5.74) is 11.3. The van der Waals surface area contributed by atoms with Crippen LogP contribution in [0.15, 0.2) is 35.7 Å². The molecule has 4 aromatic rings. The monoisotopic (exact) mass is 479 g/mol. The van der Waals surface area contributed by atoms with Crippen molar-refractivity contribution in [2.24, 2.45) is 5.92 Å². The summed E-state index contributed by atoms with van der Waals surface area (Å²) < 4.78 is 3.41. The quantitative estimate of drug-likeness (QED) is 0.273. The zero-order valence-electron chi connectivity index (χ0n) is 20.0. The number of fused-ring (bicyclic) bond motifs is 3. The van der Waals surface area contributed by atoms with Crippen LogP contribution < -0.4 is 11.1 Å².